The van der Waals surface area contributed by atoms with E-state index >= 15 is 0 Å². The zero-order valence-corrected chi connectivity index (χ0v) is 17.4. The number of hydrogen-bond acceptors (Lipinski definition) is 6. The molecule has 0 spiro atoms. The number of aryl methyl sites for hydroxylation is 2. The van der Waals surface area contributed by atoms with E-state index in [1.807, 2.05) is 27.7 Å². The van der Waals surface area contributed by atoms with Crippen molar-refractivity contribution >= 4 is 40.0 Å². The van der Waals surface area contributed by atoms with Crippen molar-refractivity contribution in [2.45, 2.75) is 40.2 Å². The van der Waals surface area contributed by atoms with Crippen molar-refractivity contribution in [3.63, 3.8) is 0 Å². The highest BCUT2D eigenvalue weighted by molar-refractivity contribution is 7.17. The molecule has 0 saturated heterocycles. The van der Waals surface area contributed by atoms with Crippen LogP contribution in [0.15, 0.2) is 24.3 Å². The molecule has 1 unspecified atom stereocenters. The Labute approximate surface area is 171 Å². The van der Waals surface area contributed by atoms with Crippen molar-refractivity contribution in [1.82, 2.24) is 19.5 Å². The number of amides is 3. The second-order valence-electron chi connectivity index (χ2n) is 7.53. The Balaban J connectivity index is 1.63. The first kappa shape index (κ1) is 19.3. The maximum absolute atomic E-state index is 13.1. The fraction of sp³-hybridized carbons (Fsp3) is 0.350. The van der Waals surface area contributed by atoms with Crippen molar-refractivity contribution in [2.24, 2.45) is 5.92 Å². The van der Waals surface area contributed by atoms with Crippen molar-refractivity contribution in [3.8, 4) is 0 Å². The summed E-state index contributed by atoms with van der Waals surface area (Å²) in [5.74, 6) is -1.11. The molecule has 0 fully saturated rings. The molecule has 3 aromatic rings. The van der Waals surface area contributed by atoms with Crippen LogP contribution >= 0.6 is 11.3 Å². The third-order valence-electron chi connectivity index (χ3n) is 5.02. The van der Waals surface area contributed by atoms with Crippen molar-refractivity contribution < 1.29 is 14.4 Å². The monoisotopic (exact) mass is 411 g/mol. The highest BCUT2D eigenvalue weighted by Gasteiger charge is 2.43. The molecule has 1 aliphatic heterocycles. The molecular formula is C20H21N5O3S. The van der Waals surface area contributed by atoms with Gasteiger partial charge in [-0.2, -0.15) is 4.98 Å². The lowest BCUT2D eigenvalue weighted by molar-refractivity contribution is -0.120. The van der Waals surface area contributed by atoms with Gasteiger partial charge in [-0.1, -0.05) is 37.3 Å². The number of carbonyl (C=O) groups is 3. The van der Waals surface area contributed by atoms with Gasteiger partial charge in [0, 0.05) is 4.88 Å². The summed E-state index contributed by atoms with van der Waals surface area (Å²) in [7, 11) is 0. The standard InChI is InChI=1S/C20H21N5O3S/c1-10(2)9-15(24-17(27)13-7-5-6-8-14(13)18(24)28)16(26)21-19-22-20-25(23-19)11(3)12(4)29-20/h5-8,10,15H,9H2,1-4H3,(H,21,23,26). The normalized spacial score (nSPS) is 14.7. The van der Waals surface area contributed by atoms with E-state index in [0.717, 1.165) is 15.5 Å². The fourth-order valence-corrected chi connectivity index (χ4v) is 4.36. The van der Waals surface area contributed by atoms with Gasteiger partial charge >= 0.3 is 0 Å². The summed E-state index contributed by atoms with van der Waals surface area (Å²) in [4.78, 5) is 46.0. The minimum atomic E-state index is -0.938. The van der Waals surface area contributed by atoms with Crippen molar-refractivity contribution in [2.75, 3.05) is 5.32 Å². The number of imide groups is 1. The maximum Gasteiger partial charge on any atom is 0.262 e. The van der Waals surface area contributed by atoms with Crippen molar-refractivity contribution in [1.29, 1.82) is 0 Å². The van der Waals surface area contributed by atoms with Crippen LogP contribution in [0.1, 0.15) is 51.6 Å². The number of carbonyl (C=O) groups excluding carboxylic acids is 3. The molecule has 2 aromatic heterocycles. The van der Waals surface area contributed by atoms with Gasteiger partial charge in [-0.3, -0.25) is 24.6 Å². The minimum Gasteiger partial charge on any atom is -0.291 e. The van der Waals surface area contributed by atoms with Gasteiger partial charge in [0.2, 0.25) is 10.9 Å². The Morgan fingerprint density at radius 1 is 1.14 bits per heavy atom. The molecule has 1 aliphatic rings. The van der Waals surface area contributed by atoms with E-state index < -0.39 is 23.8 Å². The number of nitrogens with one attached hydrogen (secondary N) is 1. The number of benzene rings is 1. The first-order valence-corrected chi connectivity index (χ1v) is 10.2. The Morgan fingerprint density at radius 2 is 1.76 bits per heavy atom. The van der Waals surface area contributed by atoms with Crippen molar-refractivity contribution in [3.05, 3.63) is 46.0 Å². The second-order valence-corrected chi connectivity index (χ2v) is 8.72. The van der Waals surface area contributed by atoms with Gasteiger partial charge in [0.15, 0.2) is 0 Å². The lowest BCUT2D eigenvalue weighted by Gasteiger charge is -2.26. The molecule has 0 bridgehead atoms. The summed E-state index contributed by atoms with van der Waals surface area (Å²) in [5.41, 5.74) is 1.61. The minimum absolute atomic E-state index is 0.0957. The second kappa shape index (κ2) is 7.07. The Hall–Kier alpha value is -3.07. The third kappa shape index (κ3) is 3.21. The average Bonchev–Trinajstić information content (AvgIpc) is 3.26. The quantitative estimate of drug-likeness (QED) is 0.651. The molecule has 0 radical (unpaired) electrons. The smallest absolute Gasteiger partial charge is 0.262 e. The van der Waals surface area contributed by atoms with Crippen LogP contribution in [0, 0.1) is 19.8 Å². The van der Waals surface area contributed by atoms with Crippen LogP contribution < -0.4 is 5.32 Å². The number of thiazole rings is 1. The number of rotatable bonds is 5. The van der Waals surface area contributed by atoms with Crippen LogP contribution in [0.25, 0.3) is 4.96 Å². The Kier molecular flexibility index (Phi) is 4.70. The van der Waals surface area contributed by atoms with Crippen LogP contribution in [0.5, 0.6) is 0 Å². The topological polar surface area (TPSA) is 96.7 Å². The molecule has 3 amide bonds. The summed E-state index contributed by atoms with van der Waals surface area (Å²) in [6.45, 7) is 7.79. The molecule has 4 rings (SSSR count). The fourth-order valence-electron chi connectivity index (χ4n) is 3.46. The van der Waals surface area contributed by atoms with Crippen LogP contribution in [0.2, 0.25) is 0 Å². The predicted molar refractivity (Wildman–Crippen MR) is 109 cm³/mol. The zero-order chi connectivity index (χ0) is 20.9. The largest absolute Gasteiger partial charge is 0.291 e. The molecule has 0 saturated carbocycles. The van der Waals surface area contributed by atoms with Gasteiger partial charge in [0.1, 0.15) is 6.04 Å². The van der Waals surface area contributed by atoms with E-state index in [2.05, 4.69) is 15.4 Å². The highest BCUT2D eigenvalue weighted by Crippen LogP contribution is 2.28. The number of anilines is 1. The molecule has 3 heterocycles. The molecule has 1 aromatic carbocycles. The van der Waals surface area contributed by atoms with E-state index in [4.69, 9.17) is 0 Å². The molecule has 29 heavy (non-hydrogen) atoms. The van der Waals surface area contributed by atoms with E-state index in [9.17, 15) is 14.4 Å². The van der Waals surface area contributed by atoms with Gasteiger partial charge in [-0.25, -0.2) is 4.52 Å². The first-order chi connectivity index (χ1) is 13.8. The van der Waals surface area contributed by atoms with Gasteiger partial charge < -0.3 is 0 Å². The molecule has 0 aliphatic carbocycles. The molecule has 9 heteroatoms. The van der Waals surface area contributed by atoms with E-state index in [0.29, 0.717) is 22.5 Å². The van der Waals surface area contributed by atoms with E-state index in [1.54, 1.807) is 28.8 Å². The van der Waals surface area contributed by atoms with Crippen LogP contribution in [0.3, 0.4) is 0 Å². The SMILES string of the molecule is Cc1sc2nc(NC(=O)C(CC(C)C)N3C(=O)c4ccccc4C3=O)nn2c1C. The summed E-state index contributed by atoms with van der Waals surface area (Å²) in [5, 5.41) is 7.03. The summed E-state index contributed by atoms with van der Waals surface area (Å²) >= 11 is 1.48. The summed E-state index contributed by atoms with van der Waals surface area (Å²) < 4.78 is 1.68. The molecular weight excluding hydrogens is 390 g/mol. The maximum atomic E-state index is 13.1. The lowest BCUT2D eigenvalue weighted by atomic mass is 10.0. The number of hydrogen-bond donors (Lipinski definition) is 1. The number of nitrogens with zero attached hydrogens (tertiary/aromatic N) is 4. The summed E-state index contributed by atoms with van der Waals surface area (Å²) in [6, 6.07) is 5.69. The molecule has 150 valence electrons. The lowest BCUT2D eigenvalue weighted by Crippen LogP contribution is -2.48. The Bertz CT molecular complexity index is 1110. The number of fused-ring (bicyclic) bond motifs is 2. The van der Waals surface area contributed by atoms with Gasteiger partial charge in [-0.15, -0.1) is 5.10 Å². The van der Waals surface area contributed by atoms with Gasteiger partial charge in [-0.05, 0) is 38.3 Å². The molecule has 1 N–H and O–H groups in total. The molecule has 8 nitrogen and oxygen atoms in total. The van der Waals surface area contributed by atoms with E-state index in [1.165, 1.54) is 11.3 Å². The van der Waals surface area contributed by atoms with Gasteiger partial charge in [0.05, 0.1) is 16.8 Å². The zero-order valence-electron chi connectivity index (χ0n) is 16.6. The molecule has 1 atom stereocenters. The van der Waals surface area contributed by atoms with Crippen LogP contribution in [0.4, 0.5) is 5.95 Å². The highest BCUT2D eigenvalue weighted by atomic mass is 32.1. The Morgan fingerprint density at radius 3 is 2.31 bits per heavy atom. The average molecular weight is 411 g/mol. The predicted octanol–water partition coefficient (Wildman–Crippen LogP) is 3.06. The summed E-state index contributed by atoms with van der Waals surface area (Å²) in [6.07, 6.45) is 0.345. The van der Waals surface area contributed by atoms with E-state index in [-0.39, 0.29) is 11.9 Å². The first-order valence-electron chi connectivity index (χ1n) is 9.38. The van der Waals surface area contributed by atoms with Gasteiger partial charge in [0.25, 0.3) is 17.8 Å². The van der Waals surface area contributed by atoms with Crippen LogP contribution in [-0.4, -0.2) is 43.3 Å². The van der Waals surface area contributed by atoms with Crippen LogP contribution in [-0.2, 0) is 4.79 Å². The number of aromatic nitrogens is 3. The third-order valence-corrected chi connectivity index (χ3v) is 6.07.